The Morgan fingerprint density at radius 1 is 1.47 bits per heavy atom. The van der Waals surface area contributed by atoms with Gasteiger partial charge >= 0.3 is 0 Å². The monoisotopic (exact) mass is 263 g/mol. The van der Waals surface area contributed by atoms with Crippen molar-refractivity contribution in [1.29, 1.82) is 5.26 Å². The van der Waals surface area contributed by atoms with Crippen LogP contribution in [0.25, 0.3) is 10.9 Å². The number of aromatic nitrogens is 2. The number of fused-ring (bicyclic) bond motifs is 1. The van der Waals surface area contributed by atoms with Crippen LogP contribution in [0.2, 0.25) is 0 Å². The molecule has 15 heavy (non-hydrogen) atoms. The fourth-order valence-electron chi connectivity index (χ4n) is 1.28. The maximum absolute atomic E-state index is 8.74. The molecule has 74 valence electrons. The summed E-state index contributed by atoms with van der Waals surface area (Å²) in [6.07, 6.45) is 1.61. The van der Waals surface area contributed by atoms with Crippen molar-refractivity contribution >= 4 is 26.8 Å². The summed E-state index contributed by atoms with van der Waals surface area (Å²) in [5.74, 6) is 0.505. The molecule has 0 saturated heterocycles. The number of hydrogen-bond acceptors (Lipinski definition) is 4. The van der Waals surface area contributed by atoms with Crippen LogP contribution in [0.3, 0.4) is 0 Å². The first-order chi connectivity index (χ1) is 7.26. The summed E-state index contributed by atoms with van der Waals surface area (Å²) in [5, 5.41) is 9.52. The summed E-state index contributed by atoms with van der Waals surface area (Å²) in [6.45, 7) is 0. The Morgan fingerprint density at radius 2 is 2.27 bits per heavy atom. The second kappa shape index (κ2) is 3.83. The number of hydrogen-bond donors (Lipinski definition) is 0. The molecule has 2 aromatic heterocycles. The molecular weight excluding hydrogens is 258 g/mol. The quantitative estimate of drug-likeness (QED) is 0.792. The van der Waals surface area contributed by atoms with E-state index in [0.717, 1.165) is 9.86 Å². The fourth-order valence-corrected chi connectivity index (χ4v) is 1.69. The van der Waals surface area contributed by atoms with Gasteiger partial charge in [-0.1, -0.05) is 0 Å². The van der Waals surface area contributed by atoms with E-state index < -0.39 is 0 Å². The van der Waals surface area contributed by atoms with Crippen molar-refractivity contribution in [3.63, 3.8) is 0 Å². The molecule has 5 heteroatoms. The van der Waals surface area contributed by atoms with E-state index in [4.69, 9.17) is 10.00 Å². The lowest BCUT2D eigenvalue weighted by atomic mass is 10.2. The number of nitriles is 1. The van der Waals surface area contributed by atoms with Crippen molar-refractivity contribution in [2.75, 3.05) is 7.11 Å². The van der Waals surface area contributed by atoms with Gasteiger partial charge in [-0.3, -0.25) is 0 Å². The van der Waals surface area contributed by atoms with Crippen LogP contribution in [0.15, 0.2) is 22.8 Å². The minimum absolute atomic E-state index is 0.372. The topological polar surface area (TPSA) is 58.8 Å². The lowest BCUT2D eigenvalue weighted by Crippen LogP contribution is -1.92. The van der Waals surface area contributed by atoms with Crippen molar-refractivity contribution < 1.29 is 4.74 Å². The Balaban J connectivity index is 2.83. The summed E-state index contributed by atoms with van der Waals surface area (Å²) in [6, 6.07) is 5.40. The fraction of sp³-hybridized carbons (Fsp3) is 0.100. The Bertz CT molecular complexity index is 562. The molecule has 0 saturated carbocycles. The molecule has 4 nitrogen and oxygen atoms in total. The van der Waals surface area contributed by atoms with Gasteiger partial charge in [0.25, 0.3) is 0 Å². The van der Waals surface area contributed by atoms with Crippen molar-refractivity contribution in [3.05, 3.63) is 28.5 Å². The number of rotatable bonds is 1. The molecular formula is C10H6BrN3O. The van der Waals surface area contributed by atoms with Gasteiger partial charge in [0.1, 0.15) is 11.8 Å². The number of pyridine rings is 2. The maximum atomic E-state index is 8.74. The largest absolute Gasteiger partial charge is 0.481 e. The van der Waals surface area contributed by atoms with Gasteiger partial charge in [0.2, 0.25) is 5.88 Å². The third-order valence-corrected chi connectivity index (χ3v) is 2.54. The van der Waals surface area contributed by atoms with Gasteiger partial charge < -0.3 is 4.74 Å². The molecule has 0 aromatic carbocycles. The summed E-state index contributed by atoms with van der Waals surface area (Å²) in [5.41, 5.74) is 1.05. The van der Waals surface area contributed by atoms with Gasteiger partial charge in [0, 0.05) is 6.20 Å². The first-order valence-corrected chi connectivity index (χ1v) is 4.95. The predicted molar refractivity (Wildman–Crippen MR) is 58.5 cm³/mol. The van der Waals surface area contributed by atoms with E-state index in [-0.39, 0.29) is 0 Å². The minimum Gasteiger partial charge on any atom is -0.481 e. The minimum atomic E-state index is 0.372. The van der Waals surface area contributed by atoms with Gasteiger partial charge in [-0.05, 0) is 28.1 Å². The number of nitrogens with zero attached hydrogens (tertiary/aromatic N) is 3. The molecule has 0 amide bonds. The molecule has 0 aliphatic rings. The Hall–Kier alpha value is -1.67. The van der Waals surface area contributed by atoms with E-state index >= 15 is 0 Å². The van der Waals surface area contributed by atoms with Crippen LogP contribution in [0.1, 0.15) is 5.69 Å². The Kier molecular flexibility index (Phi) is 2.52. The van der Waals surface area contributed by atoms with E-state index in [1.165, 1.54) is 0 Å². The predicted octanol–water partition coefficient (Wildman–Crippen LogP) is 2.27. The van der Waals surface area contributed by atoms with Gasteiger partial charge in [0.15, 0.2) is 0 Å². The molecule has 2 aromatic rings. The van der Waals surface area contributed by atoms with Crippen LogP contribution in [0.4, 0.5) is 0 Å². The van der Waals surface area contributed by atoms with Gasteiger partial charge in [-0.2, -0.15) is 5.26 Å². The molecule has 2 heterocycles. The van der Waals surface area contributed by atoms with Crippen molar-refractivity contribution in [1.82, 2.24) is 9.97 Å². The van der Waals surface area contributed by atoms with E-state index in [0.29, 0.717) is 17.1 Å². The van der Waals surface area contributed by atoms with Gasteiger partial charge in [-0.25, -0.2) is 9.97 Å². The molecule has 0 radical (unpaired) electrons. The highest BCUT2D eigenvalue weighted by molar-refractivity contribution is 9.10. The van der Waals surface area contributed by atoms with Crippen LogP contribution in [-0.4, -0.2) is 17.1 Å². The summed E-state index contributed by atoms with van der Waals surface area (Å²) in [7, 11) is 1.55. The van der Waals surface area contributed by atoms with E-state index in [1.807, 2.05) is 6.07 Å². The van der Waals surface area contributed by atoms with Crippen LogP contribution >= 0.6 is 15.9 Å². The molecule has 0 aliphatic heterocycles. The third-order valence-electron chi connectivity index (χ3n) is 1.95. The molecule has 0 fully saturated rings. The first kappa shape index (κ1) is 9.87. The highest BCUT2D eigenvalue weighted by Crippen LogP contribution is 2.27. The van der Waals surface area contributed by atoms with Crippen LogP contribution in [0.5, 0.6) is 5.88 Å². The third kappa shape index (κ3) is 1.64. The van der Waals surface area contributed by atoms with Gasteiger partial charge in [0.05, 0.1) is 22.5 Å². The van der Waals surface area contributed by atoms with Crippen LogP contribution < -0.4 is 4.74 Å². The van der Waals surface area contributed by atoms with Crippen molar-refractivity contribution in [2.45, 2.75) is 0 Å². The number of halogens is 1. The zero-order chi connectivity index (χ0) is 10.8. The van der Waals surface area contributed by atoms with E-state index in [1.54, 1.807) is 25.4 Å². The second-order valence-electron chi connectivity index (χ2n) is 2.82. The molecule has 2 rings (SSSR count). The average molecular weight is 264 g/mol. The van der Waals surface area contributed by atoms with Crippen molar-refractivity contribution in [2.24, 2.45) is 0 Å². The zero-order valence-electron chi connectivity index (χ0n) is 7.86. The normalized spacial score (nSPS) is 9.93. The summed E-state index contributed by atoms with van der Waals surface area (Å²) >= 11 is 3.33. The highest BCUT2D eigenvalue weighted by atomic mass is 79.9. The number of ether oxygens (including phenoxy) is 1. The van der Waals surface area contributed by atoms with Crippen molar-refractivity contribution in [3.8, 4) is 11.9 Å². The SMILES string of the molecule is COc1ncc(Br)c2nc(C#N)ccc12. The van der Waals surface area contributed by atoms with Crippen LogP contribution in [-0.2, 0) is 0 Å². The molecule has 0 spiro atoms. The molecule has 0 N–H and O–H groups in total. The Labute approximate surface area is 94.7 Å². The first-order valence-electron chi connectivity index (χ1n) is 4.15. The second-order valence-corrected chi connectivity index (χ2v) is 3.67. The zero-order valence-corrected chi connectivity index (χ0v) is 9.45. The molecule has 0 aliphatic carbocycles. The molecule has 0 unspecified atom stereocenters. The molecule has 0 bridgehead atoms. The lowest BCUT2D eigenvalue weighted by Gasteiger charge is -2.04. The highest BCUT2D eigenvalue weighted by Gasteiger charge is 2.08. The standard InChI is InChI=1S/C10H6BrN3O/c1-15-10-7-3-2-6(4-12)14-9(7)8(11)5-13-10/h2-3,5H,1H3. The summed E-state index contributed by atoms with van der Waals surface area (Å²) < 4.78 is 5.85. The summed E-state index contributed by atoms with van der Waals surface area (Å²) in [4.78, 5) is 8.26. The van der Waals surface area contributed by atoms with Gasteiger partial charge in [-0.15, -0.1) is 0 Å². The van der Waals surface area contributed by atoms with Crippen LogP contribution in [0, 0.1) is 11.3 Å². The smallest absolute Gasteiger partial charge is 0.222 e. The molecule has 0 atom stereocenters. The van der Waals surface area contributed by atoms with E-state index in [9.17, 15) is 0 Å². The Morgan fingerprint density at radius 3 is 2.93 bits per heavy atom. The maximum Gasteiger partial charge on any atom is 0.222 e. The number of methoxy groups -OCH3 is 1. The van der Waals surface area contributed by atoms with E-state index in [2.05, 4.69) is 25.9 Å². The average Bonchev–Trinajstić information content (AvgIpc) is 2.29. The lowest BCUT2D eigenvalue weighted by molar-refractivity contribution is 0.403.